The average molecular weight is 380 g/mol. The molecule has 6 rings (SSSR count). The molecule has 1 N–H and O–H groups in total. The third-order valence-corrected chi connectivity index (χ3v) is 6.98. The summed E-state index contributed by atoms with van der Waals surface area (Å²) in [6, 6.07) is 6.88. The molecule has 4 aliphatic rings. The number of methoxy groups -OCH3 is 1. The molecule has 28 heavy (non-hydrogen) atoms. The van der Waals surface area contributed by atoms with Gasteiger partial charge in [-0.05, 0) is 74.6 Å². The Morgan fingerprint density at radius 3 is 2.46 bits per heavy atom. The first kappa shape index (κ1) is 17.4. The molecule has 1 heterocycles. The minimum absolute atomic E-state index is 0.0767. The first-order valence-electron chi connectivity index (χ1n) is 9.87. The molecule has 1 amide bonds. The van der Waals surface area contributed by atoms with Crippen LogP contribution in [0, 0.1) is 17.3 Å². The number of nitrogens with one attached hydrogen (secondary N) is 1. The van der Waals surface area contributed by atoms with Crippen LogP contribution in [-0.2, 0) is 15.1 Å². The second-order valence-electron chi connectivity index (χ2n) is 8.83. The molecule has 4 saturated carbocycles. The fourth-order valence-electron chi connectivity index (χ4n) is 6.27. The highest BCUT2D eigenvalue weighted by atomic mass is 16.5. The van der Waals surface area contributed by atoms with Crippen molar-refractivity contribution in [2.75, 3.05) is 12.4 Å². The van der Waals surface area contributed by atoms with Crippen LogP contribution in [-0.4, -0.2) is 33.8 Å². The van der Waals surface area contributed by atoms with Gasteiger partial charge in [0.05, 0.1) is 23.6 Å². The van der Waals surface area contributed by atoms with Crippen molar-refractivity contribution < 1.29 is 14.3 Å². The molecule has 1 aromatic heterocycles. The van der Waals surface area contributed by atoms with E-state index >= 15 is 0 Å². The number of aromatic nitrogens is 3. The van der Waals surface area contributed by atoms with Gasteiger partial charge < -0.3 is 10.1 Å². The number of nitrogens with zero attached hydrogens (tertiary/aromatic N) is 3. The highest BCUT2D eigenvalue weighted by Gasteiger charge is 2.61. The van der Waals surface area contributed by atoms with E-state index in [4.69, 9.17) is 4.74 Å². The van der Waals surface area contributed by atoms with Gasteiger partial charge in [0.1, 0.15) is 12.7 Å². The Morgan fingerprint density at radius 2 is 1.86 bits per heavy atom. The number of hydrogen-bond donors (Lipinski definition) is 1. The fourth-order valence-corrected chi connectivity index (χ4v) is 6.27. The number of rotatable bonds is 4. The first-order valence-corrected chi connectivity index (χ1v) is 9.87. The summed E-state index contributed by atoms with van der Waals surface area (Å²) in [5, 5.41) is 7.55. The van der Waals surface area contributed by atoms with Crippen molar-refractivity contribution in [3.05, 3.63) is 42.5 Å². The molecular formula is C21H24N4O3. The summed E-state index contributed by atoms with van der Waals surface area (Å²) >= 11 is 0. The van der Waals surface area contributed by atoms with Crippen LogP contribution in [0.25, 0.3) is 0 Å². The van der Waals surface area contributed by atoms with Crippen molar-refractivity contribution in [2.24, 2.45) is 17.3 Å². The molecule has 7 nitrogen and oxygen atoms in total. The van der Waals surface area contributed by atoms with E-state index in [2.05, 4.69) is 15.4 Å². The largest absolute Gasteiger partial charge is 0.465 e. The van der Waals surface area contributed by atoms with Crippen molar-refractivity contribution >= 4 is 17.6 Å². The van der Waals surface area contributed by atoms with E-state index in [1.165, 1.54) is 13.5 Å². The molecule has 2 atom stereocenters. The lowest BCUT2D eigenvalue weighted by atomic mass is 9.46. The van der Waals surface area contributed by atoms with E-state index < -0.39 is 0 Å². The standard InChI is InChI=1S/C21H24N4O3/c1-28-18(26)16-2-4-17(5-3-16)24-19(27)20-7-14-6-15(8-20)10-21(9-14,11-20)25-13-22-12-23-25/h2-5,12-15H,6-11H2,1H3,(H,24,27)/t14-,15-,20?,21?/m1/s1. The lowest BCUT2D eigenvalue weighted by molar-refractivity contribution is -0.150. The van der Waals surface area contributed by atoms with Crippen molar-refractivity contribution in [3.63, 3.8) is 0 Å². The number of hydrogen-bond acceptors (Lipinski definition) is 5. The number of anilines is 1. The number of amides is 1. The summed E-state index contributed by atoms with van der Waals surface area (Å²) in [6.45, 7) is 0. The van der Waals surface area contributed by atoms with Gasteiger partial charge in [-0.2, -0.15) is 5.10 Å². The maximum absolute atomic E-state index is 13.4. The summed E-state index contributed by atoms with van der Waals surface area (Å²) in [7, 11) is 1.36. The van der Waals surface area contributed by atoms with Crippen molar-refractivity contribution in [2.45, 2.75) is 44.1 Å². The van der Waals surface area contributed by atoms with Gasteiger partial charge in [0, 0.05) is 5.69 Å². The number of ether oxygens (including phenoxy) is 1. The zero-order valence-electron chi connectivity index (χ0n) is 15.9. The van der Waals surface area contributed by atoms with E-state index in [0.29, 0.717) is 23.1 Å². The zero-order valence-corrected chi connectivity index (χ0v) is 15.9. The van der Waals surface area contributed by atoms with Crippen LogP contribution in [0.15, 0.2) is 36.9 Å². The van der Waals surface area contributed by atoms with Crippen molar-refractivity contribution in [1.29, 1.82) is 0 Å². The predicted molar refractivity (Wildman–Crippen MR) is 102 cm³/mol. The van der Waals surface area contributed by atoms with Crippen molar-refractivity contribution in [1.82, 2.24) is 14.8 Å². The monoisotopic (exact) mass is 380 g/mol. The highest BCUT2D eigenvalue weighted by Crippen LogP contribution is 2.64. The van der Waals surface area contributed by atoms with Crippen molar-refractivity contribution in [3.8, 4) is 0 Å². The van der Waals surface area contributed by atoms with Crippen LogP contribution in [0.3, 0.4) is 0 Å². The Morgan fingerprint density at radius 1 is 1.14 bits per heavy atom. The maximum atomic E-state index is 13.4. The molecule has 4 aliphatic carbocycles. The Bertz CT molecular complexity index is 892. The minimum atomic E-state index is -0.381. The summed E-state index contributed by atoms with van der Waals surface area (Å²) < 4.78 is 6.74. The van der Waals surface area contributed by atoms with Gasteiger partial charge in [-0.25, -0.2) is 14.5 Å². The molecule has 4 fully saturated rings. The summed E-state index contributed by atoms with van der Waals surface area (Å²) in [6.07, 6.45) is 9.53. The fraction of sp³-hybridized carbons (Fsp3) is 0.524. The number of carbonyl (C=O) groups is 2. The van der Waals surface area contributed by atoms with Gasteiger partial charge >= 0.3 is 5.97 Å². The number of esters is 1. The van der Waals surface area contributed by atoms with Gasteiger partial charge in [-0.1, -0.05) is 0 Å². The van der Waals surface area contributed by atoms with Crippen LogP contribution in [0.1, 0.15) is 48.9 Å². The highest BCUT2D eigenvalue weighted by molar-refractivity contribution is 5.96. The lowest BCUT2D eigenvalue weighted by Gasteiger charge is -2.60. The second-order valence-corrected chi connectivity index (χ2v) is 8.83. The van der Waals surface area contributed by atoms with Gasteiger partial charge in [-0.15, -0.1) is 0 Å². The molecule has 4 bridgehead atoms. The van der Waals surface area contributed by atoms with E-state index in [1.54, 1.807) is 30.6 Å². The smallest absolute Gasteiger partial charge is 0.337 e. The third-order valence-electron chi connectivity index (χ3n) is 6.98. The topological polar surface area (TPSA) is 86.1 Å². The third kappa shape index (κ3) is 2.64. The first-order chi connectivity index (χ1) is 13.5. The molecule has 7 heteroatoms. The van der Waals surface area contributed by atoms with Crippen LogP contribution >= 0.6 is 0 Å². The predicted octanol–water partition coefficient (Wildman–Crippen LogP) is 3.00. The maximum Gasteiger partial charge on any atom is 0.337 e. The van der Waals surface area contributed by atoms with Crippen LogP contribution in [0.5, 0.6) is 0 Å². The Kier molecular flexibility index (Phi) is 3.82. The molecule has 1 aromatic carbocycles. The molecule has 0 aliphatic heterocycles. The zero-order chi connectivity index (χ0) is 19.4. The van der Waals surface area contributed by atoms with Gasteiger partial charge in [-0.3, -0.25) is 4.79 Å². The molecule has 146 valence electrons. The second kappa shape index (κ2) is 6.15. The molecule has 0 spiro atoms. The number of benzene rings is 1. The molecule has 0 saturated heterocycles. The normalized spacial score (nSPS) is 32.9. The van der Waals surface area contributed by atoms with E-state index in [-0.39, 0.29) is 22.8 Å². The SMILES string of the molecule is COC(=O)c1ccc(NC(=O)C23C[C@H]4C[C@H](C2)CC(n2cncn2)(C4)C3)cc1. The number of carbonyl (C=O) groups excluding carboxylic acids is 2. The van der Waals surface area contributed by atoms with E-state index in [1.807, 2.05) is 11.0 Å². The van der Waals surface area contributed by atoms with E-state index in [9.17, 15) is 9.59 Å². The van der Waals surface area contributed by atoms with Gasteiger partial charge in [0.15, 0.2) is 0 Å². The molecule has 0 radical (unpaired) electrons. The summed E-state index contributed by atoms with van der Waals surface area (Å²) in [4.78, 5) is 29.2. The Hall–Kier alpha value is -2.70. The minimum Gasteiger partial charge on any atom is -0.465 e. The average Bonchev–Trinajstić information content (AvgIpc) is 3.23. The molecular weight excluding hydrogens is 356 g/mol. The van der Waals surface area contributed by atoms with Crippen LogP contribution in [0.4, 0.5) is 5.69 Å². The van der Waals surface area contributed by atoms with Gasteiger partial charge in [0.25, 0.3) is 0 Å². The Labute approximate surface area is 163 Å². The van der Waals surface area contributed by atoms with Gasteiger partial charge in [0.2, 0.25) is 5.91 Å². The van der Waals surface area contributed by atoms with Crippen LogP contribution in [0.2, 0.25) is 0 Å². The summed E-state index contributed by atoms with van der Waals surface area (Å²) in [5.74, 6) is 0.849. The Balaban J connectivity index is 1.39. The van der Waals surface area contributed by atoms with E-state index in [0.717, 1.165) is 32.1 Å². The summed E-state index contributed by atoms with van der Waals surface area (Å²) in [5.41, 5.74) is 0.757. The lowest BCUT2D eigenvalue weighted by Crippen LogP contribution is -2.60. The quantitative estimate of drug-likeness (QED) is 0.824. The van der Waals surface area contributed by atoms with Crippen LogP contribution < -0.4 is 5.32 Å². The molecule has 0 unspecified atom stereocenters. The molecule has 2 aromatic rings.